The maximum atomic E-state index is 11.7. The van der Waals surface area contributed by atoms with E-state index in [-0.39, 0.29) is 12.5 Å². The number of aliphatic hydroxyl groups is 1. The molecule has 1 saturated carbocycles. The Morgan fingerprint density at radius 2 is 2.05 bits per heavy atom. The summed E-state index contributed by atoms with van der Waals surface area (Å²) in [6.45, 7) is 6.88. The first-order chi connectivity index (χ1) is 9.16. The monoisotopic (exact) mass is 287 g/mol. The maximum absolute atomic E-state index is 11.7. The molecule has 0 bridgehead atoms. The zero-order chi connectivity index (χ0) is 15.6. The topological polar surface area (TPSA) is 95.9 Å². The molecule has 3 N–H and O–H groups in total. The summed E-state index contributed by atoms with van der Waals surface area (Å²) >= 11 is 0. The second-order valence-electron chi connectivity index (χ2n) is 6.46. The summed E-state index contributed by atoms with van der Waals surface area (Å²) in [6.07, 6.45) is 1.17. The Morgan fingerprint density at radius 3 is 2.45 bits per heavy atom. The summed E-state index contributed by atoms with van der Waals surface area (Å²) in [5, 5.41) is 21.3. The number of nitrogens with one attached hydrogen (secondary N) is 1. The van der Waals surface area contributed by atoms with Gasteiger partial charge >= 0.3 is 12.1 Å². The van der Waals surface area contributed by atoms with Gasteiger partial charge in [-0.25, -0.2) is 4.79 Å². The highest BCUT2D eigenvalue weighted by Crippen LogP contribution is 2.57. The molecule has 0 saturated heterocycles. The largest absolute Gasteiger partial charge is 0.481 e. The lowest BCUT2D eigenvalue weighted by Gasteiger charge is -2.24. The van der Waals surface area contributed by atoms with Crippen molar-refractivity contribution in [1.29, 1.82) is 0 Å². The van der Waals surface area contributed by atoms with E-state index in [0.29, 0.717) is 12.8 Å². The van der Waals surface area contributed by atoms with E-state index in [1.807, 2.05) is 6.92 Å². The molecule has 0 unspecified atom stereocenters. The van der Waals surface area contributed by atoms with Gasteiger partial charge in [-0.3, -0.25) is 4.79 Å². The Bertz CT molecular complexity index is 376. The first kappa shape index (κ1) is 16.8. The Labute approximate surface area is 119 Å². The van der Waals surface area contributed by atoms with Gasteiger partial charge in [0, 0.05) is 0 Å². The zero-order valence-corrected chi connectivity index (χ0v) is 12.6. The van der Waals surface area contributed by atoms with Gasteiger partial charge in [0.2, 0.25) is 0 Å². The fourth-order valence-corrected chi connectivity index (χ4v) is 2.68. The van der Waals surface area contributed by atoms with Gasteiger partial charge in [0.15, 0.2) is 0 Å². The van der Waals surface area contributed by atoms with Crippen LogP contribution in [0.25, 0.3) is 0 Å². The van der Waals surface area contributed by atoms with Gasteiger partial charge < -0.3 is 20.3 Å². The second kappa shape index (κ2) is 5.99. The van der Waals surface area contributed by atoms with Crippen LogP contribution in [0.3, 0.4) is 0 Å². The van der Waals surface area contributed by atoms with Crippen molar-refractivity contribution in [3.8, 4) is 0 Å². The molecular weight excluding hydrogens is 262 g/mol. The lowest BCUT2D eigenvalue weighted by molar-refractivity contribution is -0.144. The normalized spacial score (nSPS) is 26.8. The predicted octanol–water partition coefficient (Wildman–Crippen LogP) is 1.76. The molecule has 1 aliphatic carbocycles. The van der Waals surface area contributed by atoms with Crippen LogP contribution in [-0.2, 0) is 9.53 Å². The number of aliphatic hydroxyl groups excluding tert-OH is 1. The Hall–Kier alpha value is -1.30. The summed E-state index contributed by atoms with van der Waals surface area (Å²) < 4.78 is 5.13. The van der Waals surface area contributed by atoms with Crippen LogP contribution in [0.5, 0.6) is 0 Å². The molecule has 0 heterocycles. The Kier molecular flexibility index (Phi) is 5.02. The van der Waals surface area contributed by atoms with Crippen molar-refractivity contribution < 1.29 is 24.5 Å². The Balaban J connectivity index is 2.65. The van der Waals surface area contributed by atoms with Crippen LogP contribution >= 0.6 is 0 Å². The lowest BCUT2D eigenvalue weighted by atomic mass is 9.94. The van der Waals surface area contributed by atoms with Crippen LogP contribution in [0, 0.1) is 11.3 Å². The number of aliphatic carboxylic acids is 1. The molecule has 1 fully saturated rings. The third-order valence-corrected chi connectivity index (χ3v) is 3.64. The lowest BCUT2D eigenvalue weighted by Crippen LogP contribution is -2.43. The fraction of sp³-hybridized carbons (Fsp3) is 0.857. The van der Waals surface area contributed by atoms with E-state index >= 15 is 0 Å². The molecule has 0 aromatic heterocycles. The van der Waals surface area contributed by atoms with Crippen LogP contribution in [0.1, 0.15) is 47.0 Å². The molecule has 1 aliphatic rings. The highest BCUT2D eigenvalue weighted by molar-refractivity contribution is 5.79. The fourth-order valence-electron chi connectivity index (χ4n) is 2.68. The van der Waals surface area contributed by atoms with Crippen molar-refractivity contribution in [2.45, 2.75) is 58.6 Å². The van der Waals surface area contributed by atoms with E-state index in [4.69, 9.17) is 4.74 Å². The van der Waals surface area contributed by atoms with Crippen molar-refractivity contribution in [2.24, 2.45) is 11.3 Å². The summed E-state index contributed by atoms with van der Waals surface area (Å²) in [7, 11) is 0. The molecule has 0 spiro atoms. The Morgan fingerprint density at radius 1 is 1.45 bits per heavy atom. The number of hydrogen-bond donors (Lipinski definition) is 3. The number of carboxylic acid groups (broad SMARTS) is 1. The standard InChI is InChI=1S/C14H25NO5/c1-5-6-14(11(17)18)7-9(14)10(8-16)15-12(19)20-13(2,3)4/h9-10,16H,5-8H2,1-4H3,(H,15,19)(H,17,18)/t9-,10+,14-/m0/s1. The average molecular weight is 287 g/mol. The minimum atomic E-state index is -0.853. The number of alkyl carbamates (subject to hydrolysis) is 1. The average Bonchev–Trinajstić information content (AvgIpc) is 3.00. The van der Waals surface area contributed by atoms with E-state index in [2.05, 4.69) is 5.32 Å². The van der Waals surface area contributed by atoms with Gasteiger partial charge in [-0.1, -0.05) is 13.3 Å². The third-order valence-electron chi connectivity index (χ3n) is 3.64. The van der Waals surface area contributed by atoms with E-state index in [1.54, 1.807) is 20.8 Å². The van der Waals surface area contributed by atoms with Crippen molar-refractivity contribution in [1.82, 2.24) is 5.32 Å². The molecule has 0 aromatic carbocycles. The molecule has 6 nitrogen and oxygen atoms in total. The SMILES string of the molecule is CCC[C@]1(C(=O)O)C[C@H]1[C@@H](CO)NC(=O)OC(C)(C)C. The number of amides is 1. The zero-order valence-electron chi connectivity index (χ0n) is 12.6. The van der Waals surface area contributed by atoms with Crippen LogP contribution < -0.4 is 5.32 Å². The van der Waals surface area contributed by atoms with Crippen molar-refractivity contribution in [2.75, 3.05) is 6.61 Å². The summed E-state index contributed by atoms with van der Waals surface area (Å²) in [6, 6.07) is -0.576. The quantitative estimate of drug-likeness (QED) is 0.692. The maximum Gasteiger partial charge on any atom is 0.407 e. The van der Waals surface area contributed by atoms with Crippen molar-refractivity contribution >= 4 is 12.1 Å². The molecule has 3 atom stereocenters. The molecule has 0 radical (unpaired) electrons. The number of hydrogen-bond acceptors (Lipinski definition) is 4. The van der Waals surface area contributed by atoms with Gasteiger partial charge in [0.25, 0.3) is 0 Å². The first-order valence-electron chi connectivity index (χ1n) is 7.00. The highest BCUT2D eigenvalue weighted by atomic mass is 16.6. The van der Waals surface area contributed by atoms with E-state index in [0.717, 1.165) is 6.42 Å². The van der Waals surface area contributed by atoms with Crippen LogP contribution in [-0.4, -0.2) is 40.5 Å². The molecule has 20 heavy (non-hydrogen) atoms. The first-order valence-corrected chi connectivity index (χ1v) is 7.00. The van der Waals surface area contributed by atoms with Gasteiger partial charge in [0.05, 0.1) is 18.1 Å². The molecule has 1 amide bonds. The van der Waals surface area contributed by atoms with Gasteiger partial charge in [0.1, 0.15) is 5.60 Å². The van der Waals surface area contributed by atoms with Gasteiger partial charge in [-0.15, -0.1) is 0 Å². The smallest absolute Gasteiger partial charge is 0.407 e. The van der Waals surface area contributed by atoms with Crippen LogP contribution in [0.15, 0.2) is 0 Å². The summed E-state index contributed by atoms with van der Waals surface area (Å²) in [5.41, 5.74) is -1.43. The summed E-state index contributed by atoms with van der Waals surface area (Å²) in [5.74, 6) is -1.09. The van der Waals surface area contributed by atoms with Crippen molar-refractivity contribution in [3.63, 3.8) is 0 Å². The number of carboxylic acids is 1. The molecular formula is C14H25NO5. The third kappa shape index (κ3) is 3.85. The molecule has 0 aromatic rings. The highest BCUT2D eigenvalue weighted by Gasteiger charge is 2.62. The number of rotatable bonds is 6. The van der Waals surface area contributed by atoms with Gasteiger partial charge in [-0.05, 0) is 39.5 Å². The number of carbonyl (C=O) groups excluding carboxylic acids is 1. The van der Waals surface area contributed by atoms with E-state index in [9.17, 15) is 19.8 Å². The molecule has 0 aliphatic heterocycles. The molecule has 6 heteroatoms. The minimum Gasteiger partial charge on any atom is -0.481 e. The predicted molar refractivity (Wildman–Crippen MR) is 73.3 cm³/mol. The van der Waals surface area contributed by atoms with E-state index < -0.39 is 29.1 Å². The molecule has 116 valence electrons. The molecule has 1 rings (SSSR count). The van der Waals surface area contributed by atoms with Gasteiger partial charge in [-0.2, -0.15) is 0 Å². The van der Waals surface area contributed by atoms with Crippen LogP contribution in [0.2, 0.25) is 0 Å². The minimum absolute atomic E-state index is 0.238. The number of carbonyl (C=O) groups is 2. The van der Waals surface area contributed by atoms with Crippen molar-refractivity contribution in [3.05, 3.63) is 0 Å². The number of ether oxygens (including phenoxy) is 1. The summed E-state index contributed by atoms with van der Waals surface area (Å²) in [4.78, 5) is 23.1. The second-order valence-corrected chi connectivity index (χ2v) is 6.46. The van der Waals surface area contributed by atoms with Crippen LogP contribution in [0.4, 0.5) is 4.79 Å². The van der Waals surface area contributed by atoms with E-state index in [1.165, 1.54) is 0 Å².